The van der Waals surface area contributed by atoms with Crippen molar-refractivity contribution in [2.24, 2.45) is 5.92 Å². The Balaban J connectivity index is 1.26. The number of carbonyl (C=O) groups excluding carboxylic acids is 2. The van der Waals surface area contributed by atoms with E-state index in [1.54, 1.807) is 36.4 Å². The number of benzene rings is 4. The minimum Gasteiger partial charge on any atom is -0.392 e. The Bertz CT molecular complexity index is 1550. The van der Waals surface area contributed by atoms with E-state index in [0.717, 1.165) is 16.7 Å². The van der Waals surface area contributed by atoms with Gasteiger partial charge >= 0.3 is 0 Å². The summed E-state index contributed by atoms with van der Waals surface area (Å²) in [7, 11) is 2.11. The standard InChI is InChI=1S/C36H36N2O5/c1-23-32(21-37(3)24(2)26-9-5-4-6-10-26)42-36(43-33(23)27-15-13-25(22-39)14-16-27)28-17-19-29(20-18-28)38-34(40)30-11-7-8-12-31(30)35(38)41/h4-20,23-24,32-33,36,39H,21-22H2,1-3H3. The predicted octanol–water partition coefficient (Wildman–Crippen LogP) is 6.46. The maximum Gasteiger partial charge on any atom is 0.266 e. The van der Waals surface area contributed by atoms with Gasteiger partial charge in [0.05, 0.1) is 35.6 Å². The van der Waals surface area contributed by atoms with E-state index in [0.29, 0.717) is 23.4 Å². The highest BCUT2D eigenvalue weighted by Crippen LogP contribution is 2.42. The maximum atomic E-state index is 13.0. The fourth-order valence-corrected chi connectivity index (χ4v) is 5.96. The highest BCUT2D eigenvalue weighted by atomic mass is 16.7. The molecule has 220 valence electrons. The number of hydrogen-bond acceptors (Lipinski definition) is 6. The number of hydrogen-bond donors (Lipinski definition) is 1. The minimum absolute atomic E-state index is 0.0165. The van der Waals surface area contributed by atoms with E-state index in [4.69, 9.17) is 9.47 Å². The number of aliphatic hydroxyl groups excluding tert-OH is 1. The van der Waals surface area contributed by atoms with Gasteiger partial charge in [0, 0.05) is 24.1 Å². The largest absolute Gasteiger partial charge is 0.392 e. The zero-order valence-corrected chi connectivity index (χ0v) is 24.6. The average Bonchev–Trinajstić information content (AvgIpc) is 3.31. The Kier molecular flexibility index (Phi) is 8.23. The summed E-state index contributed by atoms with van der Waals surface area (Å²) in [4.78, 5) is 29.5. The van der Waals surface area contributed by atoms with Crippen molar-refractivity contribution in [3.63, 3.8) is 0 Å². The summed E-state index contributed by atoms with van der Waals surface area (Å²) in [5.74, 6) is -0.608. The molecule has 4 aromatic rings. The van der Waals surface area contributed by atoms with Crippen LogP contribution < -0.4 is 4.90 Å². The molecule has 0 aliphatic carbocycles. The van der Waals surface area contributed by atoms with Crippen molar-refractivity contribution < 1.29 is 24.2 Å². The molecular formula is C36H36N2O5. The van der Waals surface area contributed by atoms with E-state index in [9.17, 15) is 14.7 Å². The van der Waals surface area contributed by atoms with Crippen molar-refractivity contribution in [2.75, 3.05) is 18.5 Å². The first-order valence-electron chi connectivity index (χ1n) is 14.7. The lowest BCUT2D eigenvalue weighted by Crippen LogP contribution is -2.44. The molecule has 2 aliphatic heterocycles. The molecule has 2 heterocycles. The molecule has 0 spiro atoms. The zero-order valence-electron chi connectivity index (χ0n) is 24.6. The third-order valence-electron chi connectivity index (χ3n) is 8.75. The van der Waals surface area contributed by atoms with Crippen LogP contribution in [0.4, 0.5) is 5.69 Å². The van der Waals surface area contributed by atoms with Crippen molar-refractivity contribution in [3.8, 4) is 0 Å². The Morgan fingerprint density at radius 3 is 1.98 bits per heavy atom. The summed E-state index contributed by atoms with van der Waals surface area (Å²) in [5.41, 5.74) is 5.23. The van der Waals surface area contributed by atoms with Gasteiger partial charge in [-0.2, -0.15) is 0 Å². The summed E-state index contributed by atoms with van der Waals surface area (Å²) in [5, 5.41) is 9.55. The molecule has 7 nitrogen and oxygen atoms in total. The van der Waals surface area contributed by atoms with E-state index in [1.807, 2.05) is 42.5 Å². The molecule has 4 aromatic carbocycles. The predicted molar refractivity (Wildman–Crippen MR) is 164 cm³/mol. The highest BCUT2D eigenvalue weighted by molar-refractivity contribution is 6.34. The molecule has 1 N–H and O–H groups in total. The fourth-order valence-electron chi connectivity index (χ4n) is 5.96. The smallest absolute Gasteiger partial charge is 0.266 e. The van der Waals surface area contributed by atoms with Crippen molar-refractivity contribution in [2.45, 2.75) is 45.0 Å². The molecule has 6 rings (SSSR count). The number of imide groups is 1. The third kappa shape index (κ3) is 5.65. The molecule has 1 fully saturated rings. The van der Waals surface area contributed by atoms with Crippen LogP contribution >= 0.6 is 0 Å². The van der Waals surface area contributed by atoms with E-state index in [2.05, 4.69) is 50.1 Å². The van der Waals surface area contributed by atoms with Gasteiger partial charge in [-0.25, -0.2) is 4.90 Å². The second-order valence-electron chi connectivity index (χ2n) is 11.4. The van der Waals surface area contributed by atoms with Crippen LogP contribution in [0.25, 0.3) is 0 Å². The van der Waals surface area contributed by atoms with E-state index in [1.165, 1.54) is 10.5 Å². The van der Waals surface area contributed by atoms with Crippen LogP contribution in [-0.4, -0.2) is 41.5 Å². The molecular weight excluding hydrogens is 540 g/mol. The molecule has 0 saturated carbocycles. The maximum absolute atomic E-state index is 13.0. The third-order valence-corrected chi connectivity index (χ3v) is 8.75. The fraction of sp³-hybridized carbons (Fsp3) is 0.278. The van der Waals surface area contributed by atoms with Gasteiger partial charge in [0.25, 0.3) is 11.8 Å². The number of ether oxygens (including phenoxy) is 2. The molecule has 0 radical (unpaired) electrons. The summed E-state index contributed by atoms with van der Waals surface area (Å²) in [6, 6.07) is 32.6. The average molecular weight is 577 g/mol. The first-order valence-corrected chi connectivity index (χ1v) is 14.7. The first kappa shape index (κ1) is 29.0. The van der Waals surface area contributed by atoms with Crippen LogP contribution in [0.1, 0.15) is 75.3 Å². The number of nitrogens with zero attached hydrogens (tertiary/aromatic N) is 2. The number of amides is 2. The van der Waals surface area contributed by atoms with Gasteiger partial charge in [-0.1, -0.05) is 85.8 Å². The first-order chi connectivity index (χ1) is 20.9. The topological polar surface area (TPSA) is 79.3 Å². The van der Waals surface area contributed by atoms with Gasteiger partial charge in [-0.15, -0.1) is 0 Å². The second-order valence-corrected chi connectivity index (χ2v) is 11.4. The van der Waals surface area contributed by atoms with Gasteiger partial charge in [-0.3, -0.25) is 14.5 Å². The zero-order chi connectivity index (χ0) is 30.1. The van der Waals surface area contributed by atoms with E-state index >= 15 is 0 Å². The Labute approximate surface area is 252 Å². The van der Waals surface area contributed by atoms with E-state index < -0.39 is 6.29 Å². The number of fused-ring (bicyclic) bond motifs is 1. The highest BCUT2D eigenvalue weighted by Gasteiger charge is 2.40. The molecule has 0 bridgehead atoms. The Morgan fingerprint density at radius 2 is 1.37 bits per heavy atom. The van der Waals surface area contributed by atoms with Crippen LogP contribution in [0.5, 0.6) is 0 Å². The molecule has 5 atom stereocenters. The normalized spacial score (nSPS) is 22.6. The molecule has 2 amide bonds. The van der Waals surface area contributed by atoms with Crippen LogP contribution in [0.15, 0.2) is 103 Å². The SMILES string of the molecule is CC1C(CN(C)C(C)c2ccccc2)OC(c2ccc(N3C(=O)c4ccccc4C3=O)cc2)OC1c1ccc(CO)cc1. The number of likely N-dealkylation sites (N-methyl/N-ethyl adjacent to an activating group) is 1. The van der Waals surface area contributed by atoms with Crippen LogP contribution in [0.2, 0.25) is 0 Å². The monoisotopic (exact) mass is 576 g/mol. The second kappa shape index (κ2) is 12.2. The van der Waals surface area contributed by atoms with Gasteiger partial charge in [0.1, 0.15) is 0 Å². The van der Waals surface area contributed by atoms with Crippen molar-refractivity contribution in [1.82, 2.24) is 4.90 Å². The number of rotatable bonds is 8. The van der Waals surface area contributed by atoms with Crippen molar-refractivity contribution in [3.05, 3.63) is 137 Å². The van der Waals surface area contributed by atoms with E-state index in [-0.39, 0.29) is 42.6 Å². The molecule has 0 aromatic heterocycles. The molecule has 2 aliphatic rings. The van der Waals surface area contributed by atoms with Gasteiger partial charge in [-0.05, 0) is 54.9 Å². The van der Waals surface area contributed by atoms with Crippen LogP contribution in [-0.2, 0) is 16.1 Å². The molecule has 43 heavy (non-hydrogen) atoms. The number of carbonyl (C=O) groups is 2. The van der Waals surface area contributed by atoms with Gasteiger partial charge < -0.3 is 14.6 Å². The number of anilines is 1. The lowest BCUT2D eigenvalue weighted by atomic mass is 9.89. The van der Waals surface area contributed by atoms with Gasteiger partial charge in [0.15, 0.2) is 6.29 Å². The van der Waals surface area contributed by atoms with Crippen molar-refractivity contribution >= 4 is 17.5 Å². The Morgan fingerprint density at radius 1 is 0.791 bits per heavy atom. The summed E-state index contributed by atoms with van der Waals surface area (Å²) < 4.78 is 13.3. The summed E-state index contributed by atoms with van der Waals surface area (Å²) in [6.45, 7) is 5.02. The summed E-state index contributed by atoms with van der Waals surface area (Å²) >= 11 is 0. The Hall–Kier alpha value is -4.14. The van der Waals surface area contributed by atoms with Gasteiger partial charge in [0.2, 0.25) is 0 Å². The van der Waals surface area contributed by atoms with Crippen LogP contribution in [0.3, 0.4) is 0 Å². The summed E-state index contributed by atoms with van der Waals surface area (Å²) in [6.07, 6.45) is -1.04. The molecule has 7 heteroatoms. The minimum atomic E-state index is -0.652. The molecule has 5 unspecified atom stereocenters. The molecule has 1 saturated heterocycles. The lowest BCUT2D eigenvalue weighted by Gasteiger charge is -2.43. The lowest BCUT2D eigenvalue weighted by molar-refractivity contribution is -0.276. The number of aliphatic hydroxyl groups is 1. The van der Waals surface area contributed by atoms with Crippen molar-refractivity contribution in [1.29, 1.82) is 0 Å². The quantitative estimate of drug-likeness (QED) is 0.243. The van der Waals surface area contributed by atoms with Crippen LogP contribution in [0, 0.1) is 5.92 Å².